The summed E-state index contributed by atoms with van der Waals surface area (Å²) in [5, 5.41) is 3.78. The summed E-state index contributed by atoms with van der Waals surface area (Å²) in [4.78, 5) is 76.0. The third-order valence-corrected chi connectivity index (χ3v) is 12.9. The fourth-order valence-corrected chi connectivity index (χ4v) is 9.68. The molecule has 5 aromatic rings. The maximum absolute atomic E-state index is 14.0. The van der Waals surface area contributed by atoms with Crippen molar-refractivity contribution in [2.75, 3.05) is 27.3 Å². The van der Waals surface area contributed by atoms with Gasteiger partial charge in [0.1, 0.15) is 23.2 Å². The number of piperidine rings is 1. The Kier molecular flexibility index (Phi) is 10.8. The Morgan fingerprint density at radius 3 is 2.32 bits per heavy atom. The van der Waals surface area contributed by atoms with Crippen molar-refractivity contribution >= 4 is 34.8 Å². The van der Waals surface area contributed by atoms with Crippen LogP contribution in [0, 0.1) is 23.7 Å². The van der Waals surface area contributed by atoms with Crippen LogP contribution in [0.25, 0.3) is 44.5 Å². The van der Waals surface area contributed by atoms with E-state index in [1.165, 1.54) is 14.2 Å². The predicted octanol–water partition coefficient (Wildman–Crippen LogP) is 7.33. The third-order valence-electron chi connectivity index (χ3n) is 12.9. The lowest BCUT2D eigenvalue weighted by molar-refractivity contribution is -0.151. The number of likely N-dealkylation sites (tertiary alicyclic amines) is 2. The largest absolute Gasteiger partial charge is 0.469 e. The second-order valence-electron chi connectivity index (χ2n) is 17.1. The van der Waals surface area contributed by atoms with Crippen LogP contribution in [-0.2, 0) is 29.4 Å². The minimum atomic E-state index is -0.701. The van der Waals surface area contributed by atoms with Gasteiger partial charge >= 0.3 is 12.1 Å². The normalized spacial score (nSPS) is 21.1. The number of ether oxygens (including phenoxy) is 2. The number of carbonyl (C=O) groups is 4. The number of nitrogens with zero attached hydrogens (tertiary/aromatic N) is 4. The van der Waals surface area contributed by atoms with Gasteiger partial charge in [-0.1, -0.05) is 64.1 Å². The van der Waals surface area contributed by atoms with Crippen LogP contribution in [0.2, 0.25) is 0 Å². The summed E-state index contributed by atoms with van der Waals surface area (Å²) in [5.41, 5.74) is 6.29. The quantitative estimate of drug-likeness (QED) is 0.0948. The number of benzene rings is 2. The van der Waals surface area contributed by atoms with E-state index in [4.69, 9.17) is 19.4 Å². The van der Waals surface area contributed by atoms with Gasteiger partial charge in [0, 0.05) is 30.2 Å². The molecule has 2 unspecified atom stereocenters. The van der Waals surface area contributed by atoms with Crippen LogP contribution in [0.15, 0.2) is 61.1 Å². The van der Waals surface area contributed by atoms with E-state index in [1.807, 2.05) is 56.1 Å². The van der Waals surface area contributed by atoms with E-state index in [9.17, 15) is 19.2 Å². The number of rotatable bonds is 12. The molecule has 4 N–H and O–H groups in total. The first-order valence-electron chi connectivity index (χ1n) is 20.8. The molecule has 3 amide bonds. The highest BCUT2D eigenvalue weighted by atomic mass is 16.5. The smallest absolute Gasteiger partial charge is 0.407 e. The zero-order chi connectivity index (χ0) is 41.6. The number of nitrogens with one attached hydrogen (secondary N) is 4. The number of imidazole rings is 2. The maximum Gasteiger partial charge on any atom is 0.407 e. The molecular weight excluding hydrogens is 749 g/mol. The Bertz CT molecular complexity index is 2360. The molecule has 3 aliphatic rings. The number of H-pyrrole nitrogens is 3. The summed E-state index contributed by atoms with van der Waals surface area (Å²) in [5.74, 6) is 0.867. The SMILES string of the molecule is COC(=O)C[C@H](C(=O)N1CC2CCC1(c1ncc(-c3ccc(-c4ccc(-c5cnc([C@@H]6CCCN6C(=O)[C@H](NC(=O)OC)C(C)C)[nH]5)c5[nH]ccc45)cc3)[nH]1)C2)C(C)C. The van der Waals surface area contributed by atoms with Crippen molar-refractivity contribution in [3.63, 3.8) is 0 Å². The topological polar surface area (TPSA) is 178 Å². The van der Waals surface area contributed by atoms with Gasteiger partial charge in [0.05, 0.1) is 61.9 Å². The molecule has 14 heteroatoms. The van der Waals surface area contributed by atoms with Gasteiger partial charge in [0.15, 0.2) is 0 Å². The summed E-state index contributed by atoms with van der Waals surface area (Å²) in [6.45, 7) is 9.04. The first-order valence-corrected chi connectivity index (χ1v) is 20.8. The van der Waals surface area contributed by atoms with Gasteiger partial charge < -0.3 is 39.5 Å². The Hall–Kier alpha value is -5.92. The molecule has 0 spiro atoms. The van der Waals surface area contributed by atoms with Crippen molar-refractivity contribution in [1.29, 1.82) is 0 Å². The third kappa shape index (κ3) is 7.27. The van der Waals surface area contributed by atoms with E-state index in [0.29, 0.717) is 24.8 Å². The predicted molar refractivity (Wildman–Crippen MR) is 222 cm³/mol. The first kappa shape index (κ1) is 39.9. The number of fused-ring (bicyclic) bond motifs is 3. The monoisotopic (exact) mass is 802 g/mol. The molecule has 2 saturated heterocycles. The zero-order valence-corrected chi connectivity index (χ0v) is 34.6. The average molecular weight is 803 g/mol. The van der Waals surface area contributed by atoms with E-state index in [2.05, 4.69) is 62.7 Å². The lowest BCUT2D eigenvalue weighted by Crippen LogP contribution is -2.51. The number of hydrogen-bond donors (Lipinski definition) is 4. The molecule has 14 nitrogen and oxygen atoms in total. The number of carbonyl (C=O) groups excluding carboxylic acids is 4. The van der Waals surface area contributed by atoms with Gasteiger partial charge in [0.2, 0.25) is 11.8 Å². The van der Waals surface area contributed by atoms with Crippen LogP contribution in [-0.4, -0.2) is 91.9 Å². The highest BCUT2D eigenvalue weighted by Gasteiger charge is 2.56. The molecule has 5 heterocycles. The van der Waals surface area contributed by atoms with Crippen molar-refractivity contribution in [3.05, 3.63) is 72.7 Å². The molecule has 59 heavy (non-hydrogen) atoms. The Labute approximate surface area is 343 Å². The fraction of sp³-hybridized carbons (Fsp3) is 0.467. The number of aromatic nitrogens is 5. The minimum Gasteiger partial charge on any atom is -0.469 e. The summed E-state index contributed by atoms with van der Waals surface area (Å²) in [6.07, 6.45) is 9.43. The molecule has 1 saturated carbocycles. The molecular formula is C45H54N8O6. The number of esters is 1. The number of alkyl carbamates (subject to hydrolysis) is 1. The Morgan fingerprint density at radius 1 is 0.864 bits per heavy atom. The minimum absolute atomic E-state index is 0.0000289. The van der Waals surface area contributed by atoms with Crippen LogP contribution in [0.5, 0.6) is 0 Å². The van der Waals surface area contributed by atoms with E-state index in [0.717, 1.165) is 82.5 Å². The molecule has 310 valence electrons. The van der Waals surface area contributed by atoms with Gasteiger partial charge in [-0.15, -0.1) is 0 Å². The van der Waals surface area contributed by atoms with Gasteiger partial charge in [-0.3, -0.25) is 14.4 Å². The van der Waals surface area contributed by atoms with Crippen LogP contribution in [0.1, 0.15) is 83.9 Å². The fourth-order valence-electron chi connectivity index (χ4n) is 9.68. The first-order chi connectivity index (χ1) is 28.4. The second-order valence-corrected chi connectivity index (χ2v) is 17.1. The Balaban J connectivity index is 1.00. The van der Waals surface area contributed by atoms with Crippen molar-refractivity contribution < 1.29 is 28.7 Å². The number of aromatic amines is 3. The maximum atomic E-state index is 14.0. The summed E-state index contributed by atoms with van der Waals surface area (Å²) < 4.78 is 9.72. The Morgan fingerprint density at radius 2 is 1.61 bits per heavy atom. The summed E-state index contributed by atoms with van der Waals surface area (Å²) in [6, 6.07) is 13.8. The lowest BCUT2D eigenvalue weighted by Gasteiger charge is -2.40. The summed E-state index contributed by atoms with van der Waals surface area (Å²) in [7, 11) is 2.66. The molecule has 2 aromatic carbocycles. The van der Waals surface area contributed by atoms with Gasteiger partial charge in [-0.05, 0) is 72.6 Å². The second kappa shape index (κ2) is 16.0. The zero-order valence-electron chi connectivity index (χ0n) is 34.6. The molecule has 0 radical (unpaired) electrons. The van der Waals surface area contributed by atoms with Crippen molar-refractivity contribution in [3.8, 4) is 33.6 Å². The van der Waals surface area contributed by atoms with Crippen molar-refractivity contribution in [2.45, 2.75) is 83.8 Å². The number of hydrogen-bond acceptors (Lipinski definition) is 8. The molecule has 1 aliphatic carbocycles. The van der Waals surface area contributed by atoms with Crippen LogP contribution >= 0.6 is 0 Å². The van der Waals surface area contributed by atoms with E-state index < -0.39 is 23.6 Å². The molecule has 2 aliphatic heterocycles. The van der Waals surface area contributed by atoms with E-state index in [1.54, 1.807) is 0 Å². The highest BCUT2D eigenvalue weighted by molar-refractivity contribution is 6.02. The highest BCUT2D eigenvalue weighted by Crippen LogP contribution is 2.53. The molecule has 8 rings (SSSR count). The van der Waals surface area contributed by atoms with Gasteiger partial charge in [-0.2, -0.15) is 0 Å². The summed E-state index contributed by atoms with van der Waals surface area (Å²) >= 11 is 0. The lowest BCUT2D eigenvalue weighted by atomic mass is 9.87. The standard InChI is InChI=1S/C45H54N8O6/c1-25(2)33(20-37(54)58-5)41(55)53-24-27-15-17-45(53,21-27)43-48-22-34(50-43)29-11-9-28(10-12-29)30-13-14-32(39-31(30)16-18-46-39)35-23-47-40(49-35)36-8-7-19-52(36)42(56)38(26(3)4)51-44(57)59-6/h9-14,16,18,22-23,25-27,33,36,38,46H,7-8,15,17,19-21,24H2,1-6H3,(H,47,49)(H,48,50)(H,51,57)/t27?,33-,36-,38+,45?/m0/s1. The van der Waals surface area contributed by atoms with Crippen molar-refractivity contribution in [1.82, 2.24) is 40.0 Å². The van der Waals surface area contributed by atoms with Crippen LogP contribution in [0.3, 0.4) is 0 Å². The van der Waals surface area contributed by atoms with Crippen LogP contribution < -0.4 is 5.32 Å². The van der Waals surface area contributed by atoms with E-state index >= 15 is 0 Å². The average Bonchev–Trinajstić information content (AvgIpc) is 4.10. The van der Waals surface area contributed by atoms with E-state index in [-0.39, 0.29) is 42.1 Å². The number of amides is 3. The van der Waals surface area contributed by atoms with Gasteiger partial charge in [0.25, 0.3) is 0 Å². The molecule has 5 atom stereocenters. The molecule has 2 bridgehead atoms. The van der Waals surface area contributed by atoms with Crippen LogP contribution in [0.4, 0.5) is 4.79 Å². The number of methoxy groups -OCH3 is 2. The van der Waals surface area contributed by atoms with Crippen molar-refractivity contribution in [2.24, 2.45) is 23.7 Å². The molecule has 3 fully saturated rings. The molecule has 3 aromatic heterocycles. The van der Waals surface area contributed by atoms with Gasteiger partial charge in [-0.25, -0.2) is 14.8 Å².